The zero-order chi connectivity index (χ0) is 19.2. The predicted octanol–water partition coefficient (Wildman–Crippen LogP) is 3.68. The van der Waals surface area contributed by atoms with Crippen LogP contribution in [-0.2, 0) is 9.84 Å². The molecule has 0 bridgehead atoms. The number of urea groups is 1. The summed E-state index contributed by atoms with van der Waals surface area (Å²) in [5.41, 5.74) is 0.636. The van der Waals surface area contributed by atoms with E-state index in [1.165, 1.54) is 12.1 Å². The normalized spacial score (nSPS) is 11.0. The predicted molar refractivity (Wildman–Crippen MR) is 103 cm³/mol. The van der Waals surface area contributed by atoms with Crippen LogP contribution in [0.2, 0.25) is 5.02 Å². The standard InChI is InChI=1S/C18H21ClN2O4S/c1-21(18(22)20-15-6-3-5-14(19)13-15)11-4-12-25-16-7-9-17(10-8-16)26(2,23)24/h3,5-10,13H,4,11-12H2,1-2H3,(H,20,22). The molecule has 0 radical (unpaired) electrons. The summed E-state index contributed by atoms with van der Waals surface area (Å²) < 4.78 is 28.4. The van der Waals surface area contributed by atoms with Gasteiger partial charge in [0.2, 0.25) is 0 Å². The zero-order valence-corrected chi connectivity index (χ0v) is 16.2. The van der Waals surface area contributed by atoms with Crippen molar-refractivity contribution < 1.29 is 17.9 Å². The molecule has 0 aliphatic heterocycles. The average Bonchev–Trinajstić information content (AvgIpc) is 2.58. The summed E-state index contributed by atoms with van der Waals surface area (Å²) in [5.74, 6) is 0.587. The summed E-state index contributed by atoms with van der Waals surface area (Å²) in [4.78, 5) is 13.9. The lowest BCUT2D eigenvalue weighted by molar-refractivity contribution is 0.216. The first-order chi connectivity index (χ1) is 12.3. The topological polar surface area (TPSA) is 75.7 Å². The number of ether oxygens (including phenoxy) is 1. The summed E-state index contributed by atoms with van der Waals surface area (Å²) in [6.07, 6.45) is 1.79. The summed E-state index contributed by atoms with van der Waals surface area (Å²) >= 11 is 5.89. The molecule has 0 aromatic heterocycles. The van der Waals surface area contributed by atoms with Crippen molar-refractivity contribution in [3.8, 4) is 5.75 Å². The Bertz CT molecular complexity index is 854. The third-order valence-corrected chi connectivity index (χ3v) is 4.94. The molecule has 0 spiro atoms. The molecule has 0 saturated carbocycles. The van der Waals surface area contributed by atoms with Crippen LogP contribution in [0.15, 0.2) is 53.4 Å². The second-order valence-corrected chi connectivity index (χ2v) is 8.26. The van der Waals surface area contributed by atoms with Crippen LogP contribution in [0.4, 0.5) is 10.5 Å². The van der Waals surface area contributed by atoms with E-state index in [-0.39, 0.29) is 10.9 Å². The molecule has 140 valence electrons. The third-order valence-electron chi connectivity index (χ3n) is 3.58. The SMILES string of the molecule is CN(CCCOc1ccc(S(C)(=O)=O)cc1)C(=O)Nc1cccc(Cl)c1. The number of sulfone groups is 1. The van der Waals surface area contributed by atoms with Gasteiger partial charge in [-0.25, -0.2) is 13.2 Å². The molecule has 0 aliphatic carbocycles. The van der Waals surface area contributed by atoms with Gasteiger partial charge in [0.15, 0.2) is 9.84 Å². The van der Waals surface area contributed by atoms with Gasteiger partial charge in [0.25, 0.3) is 0 Å². The summed E-state index contributed by atoms with van der Waals surface area (Å²) in [5, 5.41) is 3.32. The number of rotatable bonds is 7. The van der Waals surface area contributed by atoms with E-state index in [4.69, 9.17) is 16.3 Å². The molecule has 0 fully saturated rings. The Morgan fingerprint density at radius 1 is 1.19 bits per heavy atom. The highest BCUT2D eigenvalue weighted by Gasteiger charge is 2.09. The highest BCUT2D eigenvalue weighted by Crippen LogP contribution is 2.16. The van der Waals surface area contributed by atoms with Crippen molar-refractivity contribution in [3.05, 3.63) is 53.6 Å². The number of benzene rings is 2. The second-order valence-electron chi connectivity index (χ2n) is 5.81. The summed E-state index contributed by atoms with van der Waals surface area (Å²) in [6, 6.07) is 13.0. The quantitative estimate of drug-likeness (QED) is 0.724. The van der Waals surface area contributed by atoms with Gasteiger partial charge >= 0.3 is 6.03 Å². The lowest BCUT2D eigenvalue weighted by atomic mass is 10.3. The van der Waals surface area contributed by atoms with Crippen molar-refractivity contribution in [2.45, 2.75) is 11.3 Å². The van der Waals surface area contributed by atoms with E-state index in [9.17, 15) is 13.2 Å². The molecule has 0 heterocycles. The Kier molecular flexibility index (Phi) is 6.88. The smallest absolute Gasteiger partial charge is 0.321 e. The van der Waals surface area contributed by atoms with Crippen molar-refractivity contribution >= 4 is 33.2 Å². The average molecular weight is 397 g/mol. The van der Waals surface area contributed by atoms with Gasteiger partial charge in [0.1, 0.15) is 5.75 Å². The highest BCUT2D eigenvalue weighted by molar-refractivity contribution is 7.90. The number of hydrogen-bond donors (Lipinski definition) is 1. The first kappa shape index (κ1) is 20.1. The van der Waals surface area contributed by atoms with Gasteiger partial charge in [0, 0.05) is 30.6 Å². The minimum absolute atomic E-state index is 0.232. The molecule has 26 heavy (non-hydrogen) atoms. The zero-order valence-electron chi connectivity index (χ0n) is 14.6. The summed E-state index contributed by atoms with van der Waals surface area (Å²) in [7, 11) is -1.51. The molecule has 8 heteroatoms. The molecule has 2 aromatic rings. The van der Waals surface area contributed by atoms with Gasteiger partial charge < -0.3 is 15.0 Å². The Hall–Kier alpha value is -2.25. The van der Waals surface area contributed by atoms with Crippen LogP contribution in [0, 0.1) is 0 Å². The van der Waals surface area contributed by atoms with Gasteiger partial charge in [-0.3, -0.25) is 0 Å². The van der Waals surface area contributed by atoms with Gasteiger partial charge in [-0.05, 0) is 48.9 Å². The number of nitrogens with zero attached hydrogens (tertiary/aromatic N) is 1. The van der Waals surface area contributed by atoms with Crippen LogP contribution in [0.1, 0.15) is 6.42 Å². The van der Waals surface area contributed by atoms with Crippen molar-refractivity contribution in [1.82, 2.24) is 4.90 Å². The Morgan fingerprint density at radius 2 is 1.88 bits per heavy atom. The fourth-order valence-corrected chi connectivity index (χ4v) is 2.98. The fraction of sp³-hybridized carbons (Fsp3) is 0.278. The molecule has 0 aliphatic rings. The van der Waals surface area contributed by atoms with Crippen molar-refractivity contribution in [1.29, 1.82) is 0 Å². The van der Waals surface area contributed by atoms with Crippen LogP contribution in [-0.4, -0.2) is 45.8 Å². The summed E-state index contributed by atoms with van der Waals surface area (Å²) in [6.45, 7) is 0.917. The first-order valence-corrected chi connectivity index (χ1v) is 10.2. The largest absolute Gasteiger partial charge is 0.494 e. The van der Waals surface area contributed by atoms with E-state index in [1.54, 1.807) is 48.3 Å². The van der Waals surface area contributed by atoms with Gasteiger partial charge in [-0.1, -0.05) is 17.7 Å². The van der Waals surface area contributed by atoms with E-state index in [2.05, 4.69) is 5.32 Å². The first-order valence-electron chi connectivity index (χ1n) is 7.96. The number of hydrogen-bond acceptors (Lipinski definition) is 4. The van der Waals surface area contributed by atoms with Crippen LogP contribution < -0.4 is 10.1 Å². The maximum absolute atomic E-state index is 12.1. The minimum atomic E-state index is -3.21. The molecule has 2 amide bonds. The molecule has 2 rings (SSSR count). The van der Waals surface area contributed by atoms with Gasteiger partial charge in [-0.2, -0.15) is 0 Å². The van der Waals surface area contributed by atoms with Crippen molar-refractivity contribution in [2.75, 3.05) is 31.8 Å². The molecule has 0 unspecified atom stereocenters. The van der Waals surface area contributed by atoms with E-state index in [0.29, 0.717) is 36.0 Å². The molecule has 1 N–H and O–H groups in total. The lowest BCUT2D eigenvalue weighted by Crippen LogP contribution is -2.32. The van der Waals surface area contributed by atoms with E-state index in [0.717, 1.165) is 6.26 Å². The maximum Gasteiger partial charge on any atom is 0.321 e. The Balaban J connectivity index is 1.74. The minimum Gasteiger partial charge on any atom is -0.494 e. The van der Waals surface area contributed by atoms with E-state index in [1.807, 2.05) is 0 Å². The van der Waals surface area contributed by atoms with E-state index >= 15 is 0 Å². The van der Waals surface area contributed by atoms with Crippen LogP contribution in [0.5, 0.6) is 5.75 Å². The van der Waals surface area contributed by atoms with Crippen molar-refractivity contribution in [3.63, 3.8) is 0 Å². The highest BCUT2D eigenvalue weighted by atomic mass is 35.5. The number of carbonyl (C=O) groups is 1. The third kappa shape index (κ3) is 6.24. The second kappa shape index (κ2) is 8.91. The van der Waals surface area contributed by atoms with E-state index < -0.39 is 9.84 Å². The monoisotopic (exact) mass is 396 g/mol. The molecular weight excluding hydrogens is 376 g/mol. The molecule has 2 aromatic carbocycles. The van der Waals surface area contributed by atoms with Crippen LogP contribution in [0.25, 0.3) is 0 Å². The van der Waals surface area contributed by atoms with Crippen molar-refractivity contribution in [2.24, 2.45) is 0 Å². The van der Waals surface area contributed by atoms with Gasteiger partial charge in [0.05, 0.1) is 11.5 Å². The lowest BCUT2D eigenvalue weighted by Gasteiger charge is -2.18. The fourth-order valence-electron chi connectivity index (χ4n) is 2.16. The molecular formula is C18H21ClN2O4S. The number of carbonyl (C=O) groups excluding carboxylic acids is 1. The van der Waals surface area contributed by atoms with Crippen LogP contribution >= 0.6 is 11.6 Å². The Labute approximate surface area is 158 Å². The number of halogens is 1. The number of anilines is 1. The Morgan fingerprint density at radius 3 is 2.50 bits per heavy atom. The molecule has 0 atom stereocenters. The van der Waals surface area contributed by atoms with Crippen LogP contribution in [0.3, 0.4) is 0 Å². The number of amides is 2. The van der Waals surface area contributed by atoms with Gasteiger partial charge in [-0.15, -0.1) is 0 Å². The molecule has 6 nitrogen and oxygen atoms in total. The molecule has 0 saturated heterocycles. The maximum atomic E-state index is 12.1. The number of nitrogens with one attached hydrogen (secondary N) is 1.